The number of hydrogen-bond acceptors (Lipinski definition) is 8. The van der Waals surface area contributed by atoms with Crippen molar-refractivity contribution in [1.29, 1.82) is 0 Å². The Bertz CT molecular complexity index is 1060. The van der Waals surface area contributed by atoms with Crippen LogP contribution in [0.2, 0.25) is 0 Å². The molecule has 0 saturated heterocycles. The summed E-state index contributed by atoms with van der Waals surface area (Å²) in [5.41, 5.74) is 1.67. The Kier molecular flexibility index (Phi) is 20.4. The van der Waals surface area contributed by atoms with E-state index in [4.69, 9.17) is 34.6 Å². The van der Waals surface area contributed by atoms with Crippen molar-refractivity contribution in [3.63, 3.8) is 0 Å². The molecule has 2 aromatic rings. The summed E-state index contributed by atoms with van der Waals surface area (Å²) < 4.78 is 14.7. The summed E-state index contributed by atoms with van der Waals surface area (Å²) >= 11 is 0. The van der Waals surface area contributed by atoms with E-state index in [9.17, 15) is 14.4 Å². The van der Waals surface area contributed by atoms with Crippen LogP contribution in [0, 0.1) is 5.92 Å². The number of esters is 1. The number of carboxylic acid groups (broad SMARTS) is 2. The van der Waals surface area contributed by atoms with Crippen molar-refractivity contribution in [2.45, 2.75) is 45.6 Å². The van der Waals surface area contributed by atoms with Gasteiger partial charge in [-0.1, -0.05) is 51.0 Å². The molecule has 226 valence electrons. The second-order valence-electron chi connectivity index (χ2n) is 8.60. The molecule has 0 bridgehead atoms. The van der Waals surface area contributed by atoms with Crippen molar-refractivity contribution in [3.05, 3.63) is 71.8 Å². The number of carboxylic acids is 2. The third-order valence-corrected chi connectivity index (χ3v) is 5.44. The van der Waals surface area contributed by atoms with E-state index in [1.807, 2.05) is 6.92 Å². The zero-order valence-corrected chi connectivity index (χ0v) is 24.1. The first-order chi connectivity index (χ1) is 19.6. The molecule has 2 aromatic carbocycles. The predicted molar refractivity (Wildman–Crippen MR) is 157 cm³/mol. The largest absolute Gasteiger partial charge is 0.497 e. The van der Waals surface area contributed by atoms with E-state index in [0.717, 1.165) is 54.4 Å². The molecule has 0 radical (unpaired) electrons. The number of aliphatic hydroxyl groups is 2. The van der Waals surface area contributed by atoms with Crippen LogP contribution in [0.5, 0.6) is 11.5 Å². The molecule has 0 spiro atoms. The van der Waals surface area contributed by atoms with Crippen LogP contribution in [0.4, 0.5) is 0 Å². The molecule has 0 fully saturated rings. The van der Waals surface area contributed by atoms with Crippen molar-refractivity contribution in [3.8, 4) is 11.5 Å². The lowest BCUT2D eigenvalue weighted by Gasteiger charge is -2.06. The molecule has 10 nitrogen and oxygen atoms in total. The number of carbonyl (C=O) groups is 3. The van der Waals surface area contributed by atoms with Crippen LogP contribution >= 0.6 is 0 Å². The molecule has 0 saturated carbocycles. The van der Waals surface area contributed by atoms with Gasteiger partial charge in [0.2, 0.25) is 0 Å². The average Bonchev–Trinajstić information content (AvgIpc) is 2.99. The molecule has 0 aromatic heterocycles. The van der Waals surface area contributed by atoms with E-state index in [0.29, 0.717) is 0 Å². The second-order valence-corrected chi connectivity index (χ2v) is 8.60. The van der Waals surface area contributed by atoms with E-state index in [1.165, 1.54) is 12.2 Å². The summed E-state index contributed by atoms with van der Waals surface area (Å²) in [5.74, 6) is -0.779. The van der Waals surface area contributed by atoms with E-state index >= 15 is 0 Å². The Morgan fingerprint density at radius 3 is 1.68 bits per heavy atom. The number of rotatable bonds is 14. The molecule has 0 aliphatic heterocycles. The summed E-state index contributed by atoms with van der Waals surface area (Å²) in [6.45, 7) is 3.35. The van der Waals surface area contributed by atoms with Crippen LogP contribution in [-0.2, 0) is 19.1 Å². The van der Waals surface area contributed by atoms with Crippen molar-refractivity contribution < 1.29 is 49.0 Å². The summed E-state index contributed by atoms with van der Waals surface area (Å²) in [7, 11) is 3.16. The molecule has 2 unspecified atom stereocenters. The minimum Gasteiger partial charge on any atom is -0.497 e. The number of methoxy groups -OCH3 is 2. The molecule has 0 amide bonds. The number of ether oxygens (including phenoxy) is 3. The summed E-state index contributed by atoms with van der Waals surface area (Å²) in [4.78, 5) is 31.9. The molecule has 2 rings (SSSR count). The molecule has 0 heterocycles. The Hall–Kier alpha value is -4.15. The topological polar surface area (TPSA) is 160 Å². The zero-order chi connectivity index (χ0) is 31.0. The predicted octanol–water partition coefficient (Wildman–Crippen LogP) is 4.69. The van der Waals surface area contributed by atoms with Crippen LogP contribution in [0.25, 0.3) is 12.2 Å². The fourth-order valence-electron chi connectivity index (χ4n) is 2.99. The van der Waals surface area contributed by atoms with Crippen molar-refractivity contribution in [2.24, 2.45) is 5.92 Å². The molecule has 4 N–H and O–H groups in total. The monoisotopic (exact) mass is 574 g/mol. The third-order valence-electron chi connectivity index (χ3n) is 5.44. The number of benzene rings is 2. The molecule has 2 atom stereocenters. The number of aliphatic carboxylic acids is 2. The number of aliphatic hydroxyl groups excluding tert-OH is 2. The smallest absolute Gasteiger partial charge is 0.330 e. The zero-order valence-electron chi connectivity index (χ0n) is 24.1. The second kappa shape index (κ2) is 22.6. The maximum Gasteiger partial charge on any atom is 0.330 e. The van der Waals surface area contributed by atoms with Gasteiger partial charge in [0.1, 0.15) is 24.2 Å². The highest BCUT2D eigenvalue weighted by Gasteiger charge is 2.12. The van der Waals surface area contributed by atoms with Gasteiger partial charge < -0.3 is 34.6 Å². The molecular weight excluding hydrogens is 532 g/mol. The molecule has 10 heteroatoms. The normalized spacial score (nSPS) is 11.9. The van der Waals surface area contributed by atoms with E-state index in [1.54, 1.807) is 68.8 Å². The van der Waals surface area contributed by atoms with Gasteiger partial charge in [-0.05, 0) is 60.4 Å². The first-order valence-electron chi connectivity index (χ1n) is 13.2. The molecule has 0 aliphatic rings. The van der Waals surface area contributed by atoms with Crippen LogP contribution < -0.4 is 9.47 Å². The summed E-state index contributed by atoms with van der Waals surface area (Å²) in [6, 6.07) is 14.3. The Labute approximate surface area is 241 Å². The average molecular weight is 575 g/mol. The first-order valence-corrected chi connectivity index (χ1v) is 13.2. The number of carbonyl (C=O) groups excluding carboxylic acids is 1. The van der Waals surface area contributed by atoms with E-state index in [-0.39, 0.29) is 12.5 Å². The van der Waals surface area contributed by atoms with Crippen molar-refractivity contribution >= 4 is 30.1 Å². The van der Waals surface area contributed by atoms with Crippen molar-refractivity contribution in [2.75, 3.05) is 27.4 Å². The van der Waals surface area contributed by atoms with E-state index in [2.05, 4.69) is 6.92 Å². The summed E-state index contributed by atoms with van der Waals surface area (Å²) in [5, 5.41) is 34.5. The van der Waals surface area contributed by atoms with Gasteiger partial charge in [0.25, 0.3) is 0 Å². The lowest BCUT2D eigenvalue weighted by Crippen LogP contribution is -2.21. The Balaban J connectivity index is 0.000000615. The van der Waals surface area contributed by atoms with Crippen LogP contribution in [0.3, 0.4) is 0 Å². The lowest BCUT2D eigenvalue weighted by molar-refractivity contribution is -0.142. The highest BCUT2D eigenvalue weighted by Crippen LogP contribution is 2.13. The van der Waals surface area contributed by atoms with Gasteiger partial charge in [0, 0.05) is 12.2 Å². The third kappa shape index (κ3) is 18.7. The Morgan fingerprint density at radius 1 is 0.829 bits per heavy atom. The quantitative estimate of drug-likeness (QED) is 0.184. The van der Waals surface area contributed by atoms with Gasteiger partial charge in [-0.2, -0.15) is 0 Å². The standard InChI is InChI=1S/C13H16O5.C10H10O3.C8H16O2/c1-17-12-5-2-10(3-6-12)4-7-13(16)18-9-11(15)8-14;1-13-9-5-2-8(3-6-9)4-7-10(11)12;1-3-5-6-7(4-2)8(9)10/h2-7,11,14-15H,8-9H2,1H3;2-7H,1H3,(H,11,12);7H,3-6H2,1-2H3,(H,9,10). The SMILES string of the molecule is CCCCC(CC)C(=O)O.COc1ccc(C=CC(=O)O)cc1.COc1ccc(C=CC(=O)OCC(O)CO)cc1. The summed E-state index contributed by atoms with van der Waals surface area (Å²) in [6.07, 6.45) is 8.15. The molecular formula is C31H42O10. The van der Waals surface area contributed by atoms with E-state index < -0.39 is 30.6 Å². The van der Waals surface area contributed by atoms with Crippen molar-refractivity contribution in [1.82, 2.24) is 0 Å². The van der Waals surface area contributed by atoms with Gasteiger partial charge >= 0.3 is 17.9 Å². The minimum atomic E-state index is -1.04. The van der Waals surface area contributed by atoms with Crippen LogP contribution in [-0.4, -0.2) is 71.9 Å². The maximum atomic E-state index is 11.2. The lowest BCUT2D eigenvalue weighted by atomic mass is 10.00. The van der Waals surface area contributed by atoms with Crippen LogP contribution in [0.1, 0.15) is 50.7 Å². The molecule has 0 aliphatic carbocycles. The first kappa shape index (κ1) is 36.8. The Morgan fingerprint density at radius 2 is 1.32 bits per heavy atom. The maximum absolute atomic E-state index is 11.2. The number of hydrogen-bond donors (Lipinski definition) is 4. The number of unbranched alkanes of at least 4 members (excludes halogenated alkanes) is 1. The van der Waals surface area contributed by atoms with Gasteiger partial charge in [0.05, 0.1) is 26.7 Å². The van der Waals surface area contributed by atoms with Gasteiger partial charge in [-0.15, -0.1) is 0 Å². The molecule has 41 heavy (non-hydrogen) atoms. The minimum absolute atomic E-state index is 0.111. The van der Waals surface area contributed by atoms with Gasteiger partial charge in [-0.3, -0.25) is 4.79 Å². The van der Waals surface area contributed by atoms with Gasteiger partial charge in [-0.25, -0.2) is 9.59 Å². The fourth-order valence-corrected chi connectivity index (χ4v) is 2.99. The van der Waals surface area contributed by atoms with Crippen LogP contribution in [0.15, 0.2) is 60.7 Å². The highest BCUT2D eigenvalue weighted by atomic mass is 16.5. The highest BCUT2D eigenvalue weighted by molar-refractivity contribution is 5.87. The van der Waals surface area contributed by atoms with Gasteiger partial charge in [0.15, 0.2) is 0 Å². The fraction of sp³-hybridized carbons (Fsp3) is 0.387.